The lowest BCUT2D eigenvalue weighted by molar-refractivity contribution is 0.0691. The number of nitrogens with zero attached hydrogens (tertiary/aromatic N) is 3. The molecule has 1 heterocycles. The summed E-state index contributed by atoms with van der Waals surface area (Å²) < 4.78 is 1.25. The number of carbonyl (C=O) groups is 1. The van der Waals surface area contributed by atoms with Gasteiger partial charge in [0, 0.05) is 5.02 Å². The minimum Gasteiger partial charge on any atom is -0.476 e. The summed E-state index contributed by atoms with van der Waals surface area (Å²) in [5.41, 5.74) is 6.87. The van der Waals surface area contributed by atoms with Crippen LogP contribution in [0, 0.1) is 6.92 Å². The number of carboxylic acids is 1. The zero-order chi connectivity index (χ0) is 12.6. The first-order valence-corrected chi connectivity index (χ1v) is 5.09. The fourth-order valence-electron chi connectivity index (χ4n) is 1.43. The molecule has 0 saturated carbocycles. The minimum atomic E-state index is -1.21. The Hall–Kier alpha value is -2.08. The van der Waals surface area contributed by atoms with E-state index in [0.29, 0.717) is 10.7 Å². The summed E-state index contributed by atoms with van der Waals surface area (Å²) in [4.78, 5) is 10.8. The Balaban J connectivity index is 2.61. The summed E-state index contributed by atoms with van der Waals surface area (Å²) in [7, 11) is 0. The van der Waals surface area contributed by atoms with E-state index in [4.69, 9.17) is 22.4 Å². The molecule has 88 valence electrons. The van der Waals surface area contributed by atoms with Crippen LogP contribution in [0.25, 0.3) is 5.69 Å². The van der Waals surface area contributed by atoms with Crippen LogP contribution in [0.1, 0.15) is 16.1 Å². The van der Waals surface area contributed by atoms with E-state index in [2.05, 4.69) is 10.3 Å². The van der Waals surface area contributed by atoms with Gasteiger partial charge in [-0.05, 0) is 24.6 Å². The Labute approximate surface area is 102 Å². The highest BCUT2D eigenvalue weighted by Gasteiger charge is 2.18. The zero-order valence-electron chi connectivity index (χ0n) is 8.88. The third kappa shape index (κ3) is 1.94. The molecule has 0 aliphatic carbocycles. The molecule has 1 aromatic carbocycles. The van der Waals surface area contributed by atoms with E-state index < -0.39 is 5.97 Å². The van der Waals surface area contributed by atoms with Crippen LogP contribution in [0.5, 0.6) is 0 Å². The number of hydrogen-bond acceptors (Lipinski definition) is 4. The maximum atomic E-state index is 10.8. The van der Waals surface area contributed by atoms with Crippen molar-refractivity contribution in [3.05, 3.63) is 34.5 Å². The summed E-state index contributed by atoms with van der Waals surface area (Å²) in [6.45, 7) is 1.84. The molecule has 1 aromatic heterocycles. The smallest absolute Gasteiger partial charge is 0.360 e. The van der Waals surface area contributed by atoms with Gasteiger partial charge in [0.25, 0.3) is 0 Å². The van der Waals surface area contributed by atoms with Gasteiger partial charge in [0.1, 0.15) is 0 Å². The van der Waals surface area contributed by atoms with Crippen molar-refractivity contribution in [3.8, 4) is 5.69 Å². The van der Waals surface area contributed by atoms with Crippen LogP contribution in [0.4, 0.5) is 5.82 Å². The van der Waals surface area contributed by atoms with Crippen LogP contribution < -0.4 is 5.73 Å². The van der Waals surface area contributed by atoms with Crippen molar-refractivity contribution < 1.29 is 9.90 Å². The molecule has 0 spiro atoms. The molecule has 6 nitrogen and oxygen atoms in total. The number of nitrogens with two attached hydrogens (primary N) is 1. The number of anilines is 1. The average Bonchev–Trinajstić information content (AvgIpc) is 2.64. The Morgan fingerprint density at radius 1 is 1.53 bits per heavy atom. The highest BCUT2D eigenvalue weighted by molar-refractivity contribution is 6.30. The summed E-state index contributed by atoms with van der Waals surface area (Å²) in [5.74, 6) is -1.24. The number of aromatic nitrogens is 3. The molecule has 0 saturated heterocycles. The molecule has 0 unspecified atom stereocenters. The molecule has 0 bridgehead atoms. The lowest BCUT2D eigenvalue weighted by Gasteiger charge is -2.06. The van der Waals surface area contributed by atoms with Gasteiger partial charge in [-0.15, -0.1) is 5.10 Å². The molecule has 0 aliphatic heterocycles. The molecule has 0 amide bonds. The van der Waals surface area contributed by atoms with Crippen molar-refractivity contribution >= 4 is 23.4 Å². The van der Waals surface area contributed by atoms with Crippen LogP contribution in [-0.4, -0.2) is 26.1 Å². The second-order valence-electron chi connectivity index (χ2n) is 3.47. The number of hydrogen-bond donors (Lipinski definition) is 2. The van der Waals surface area contributed by atoms with Crippen LogP contribution in [0.15, 0.2) is 18.2 Å². The molecule has 0 radical (unpaired) electrons. The summed E-state index contributed by atoms with van der Waals surface area (Å²) >= 11 is 5.87. The first-order chi connectivity index (χ1) is 8.00. The van der Waals surface area contributed by atoms with Crippen LogP contribution in [0.3, 0.4) is 0 Å². The van der Waals surface area contributed by atoms with Gasteiger partial charge < -0.3 is 10.8 Å². The van der Waals surface area contributed by atoms with Gasteiger partial charge in [-0.1, -0.05) is 22.9 Å². The van der Waals surface area contributed by atoms with E-state index in [1.807, 2.05) is 6.92 Å². The summed E-state index contributed by atoms with van der Waals surface area (Å²) in [6.07, 6.45) is 0. The number of aromatic carboxylic acids is 1. The molecular weight excluding hydrogens is 244 g/mol. The van der Waals surface area contributed by atoms with E-state index >= 15 is 0 Å². The van der Waals surface area contributed by atoms with Crippen molar-refractivity contribution in [1.82, 2.24) is 15.0 Å². The van der Waals surface area contributed by atoms with Gasteiger partial charge in [0.15, 0.2) is 5.82 Å². The van der Waals surface area contributed by atoms with E-state index in [9.17, 15) is 4.79 Å². The van der Waals surface area contributed by atoms with Crippen LogP contribution in [0.2, 0.25) is 5.02 Å². The van der Waals surface area contributed by atoms with Crippen molar-refractivity contribution in [1.29, 1.82) is 0 Å². The monoisotopic (exact) mass is 252 g/mol. The molecule has 0 atom stereocenters. The van der Waals surface area contributed by atoms with E-state index in [-0.39, 0.29) is 11.5 Å². The van der Waals surface area contributed by atoms with E-state index in [1.165, 1.54) is 4.68 Å². The van der Waals surface area contributed by atoms with Crippen molar-refractivity contribution in [2.45, 2.75) is 6.92 Å². The molecule has 2 rings (SSSR count). The predicted octanol–water partition coefficient (Wildman–Crippen LogP) is 1.51. The van der Waals surface area contributed by atoms with Gasteiger partial charge in [0.05, 0.1) is 5.69 Å². The van der Waals surface area contributed by atoms with Gasteiger partial charge in [-0.25, -0.2) is 4.79 Å². The van der Waals surface area contributed by atoms with E-state index in [1.54, 1.807) is 18.2 Å². The molecular formula is C10H9ClN4O2. The van der Waals surface area contributed by atoms with Gasteiger partial charge in [-0.2, -0.15) is 4.68 Å². The molecule has 0 aliphatic rings. The standard InChI is InChI=1S/C10H9ClN4O2/c1-5-2-3-6(11)4-7(5)15-9(12)8(10(16)17)13-14-15/h2-4H,12H2,1H3,(H,16,17). The van der Waals surface area contributed by atoms with Crippen molar-refractivity contribution in [2.75, 3.05) is 5.73 Å². The molecule has 3 N–H and O–H groups in total. The Bertz CT molecular complexity index is 594. The normalized spacial score (nSPS) is 10.5. The average molecular weight is 253 g/mol. The zero-order valence-corrected chi connectivity index (χ0v) is 9.64. The molecule has 0 fully saturated rings. The van der Waals surface area contributed by atoms with Crippen LogP contribution in [-0.2, 0) is 0 Å². The number of rotatable bonds is 2. The molecule has 2 aromatic rings. The Morgan fingerprint density at radius 2 is 2.24 bits per heavy atom. The number of halogens is 1. The quantitative estimate of drug-likeness (QED) is 0.845. The first-order valence-electron chi connectivity index (χ1n) is 4.71. The van der Waals surface area contributed by atoms with Crippen molar-refractivity contribution in [3.63, 3.8) is 0 Å². The Kier molecular flexibility index (Phi) is 2.72. The van der Waals surface area contributed by atoms with E-state index in [0.717, 1.165) is 5.56 Å². The third-order valence-corrected chi connectivity index (χ3v) is 2.54. The summed E-state index contributed by atoms with van der Waals surface area (Å²) in [5, 5.41) is 16.6. The third-order valence-electron chi connectivity index (χ3n) is 2.31. The number of carboxylic acid groups (broad SMARTS) is 1. The topological polar surface area (TPSA) is 94.0 Å². The van der Waals surface area contributed by atoms with Crippen molar-refractivity contribution in [2.24, 2.45) is 0 Å². The predicted molar refractivity (Wildman–Crippen MR) is 62.5 cm³/mol. The highest BCUT2D eigenvalue weighted by atomic mass is 35.5. The number of nitrogen functional groups attached to an aromatic ring is 1. The number of benzene rings is 1. The summed E-state index contributed by atoms with van der Waals surface area (Å²) in [6, 6.07) is 5.17. The SMILES string of the molecule is Cc1ccc(Cl)cc1-n1nnc(C(=O)O)c1N. The van der Waals surface area contributed by atoms with Crippen LogP contribution >= 0.6 is 11.6 Å². The molecule has 7 heteroatoms. The largest absolute Gasteiger partial charge is 0.476 e. The molecule has 17 heavy (non-hydrogen) atoms. The second kappa shape index (κ2) is 4.06. The highest BCUT2D eigenvalue weighted by Crippen LogP contribution is 2.22. The fraction of sp³-hybridized carbons (Fsp3) is 0.100. The maximum Gasteiger partial charge on any atom is 0.360 e. The lowest BCUT2D eigenvalue weighted by atomic mass is 10.2. The van der Waals surface area contributed by atoms with Gasteiger partial charge >= 0.3 is 5.97 Å². The fourth-order valence-corrected chi connectivity index (χ4v) is 1.60. The second-order valence-corrected chi connectivity index (χ2v) is 3.91. The van der Waals surface area contributed by atoms with Gasteiger partial charge in [-0.3, -0.25) is 0 Å². The Morgan fingerprint density at radius 3 is 2.82 bits per heavy atom. The van der Waals surface area contributed by atoms with Gasteiger partial charge in [0.2, 0.25) is 5.69 Å². The maximum absolute atomic E-state index is 10.8. The minimum absolute atomic E-state index is 0.0251. The number of aryl methyl sites for hydroxylation is 1. The lowest BCUT2D eigenvalue weighted by Crippen LogP contribution is -2.06. The first kappa shape index (κ1) is 11.4.